The van der Waals surface area contributed by atoms with Crippen LogP contribution in [0.5, 0.6) is 0 Å². The maximum absolute atomic E-state index is 14.4. The molecule has 1 aromatic heterocycles. The molecule has 2 fully saturated rings. The zero-order chi connectivity index (χ0) is 22.2. The Morgan fingerprint density at radius 3 is 2.68 bits per heavy atom. The molecule has 1 amide bonds. The number of carbonyl (C=O) groups excluding carboxylic acids is 2. The third-order valence-corrected chi connectivity index (χ3v) is 5.20. The van der Waals surface area contributed by atoms with Gasteiger partial charge in [-0.25, -0.2) is 14.2 Å². The second kappa shape index (κ2) is 11.2. The van der Waals surface area contributed by atoms with Crippen LogP contribution < -0.4 is 15.1 Å². The third kappa shape index (κ3) is 6.22. The molecule has 166 valence electrons. The fourth-order valence-electron chi connectivity index (χ4n) is 3.28. The number of benzene rings is 1. The number of ether oxygens (including phenoxy) is 2. The van der Waals surface area contributed by atoms with Crippen LogP contribution in [0.15, 0.2) is 41.0 Å². The van der Waals surface area contributed by atoms with Gasteiger partial charge in [-0.2, -0.15) is 0 Å². The number of hydrogen-bond acceptors (Lipinski definition) is 7. The molecule has 2 aliphatic rings. The molecule has 0 saturated carbocycles. The van der Waals surface area contributed by atoms with Crippen molar-refractivity contribution in [2.75, 3.05) is 56.2 Å². The van der Waals surface area contributed by atoms with Crippen molar-refractivity contribution >= 4 is 39.7 Å². The van der Waals surface area contributed by atoms with Crippen molar-refractivity contribution in [3.63, 3.8) is 0 Å². The number of anilines is 2. The highest BCUT2D eigenvalue weighted by Gasteiger charge is 2.32. The summed E-state index contributed by atoms with van der Waals surface area (Å²) in [6.45, 7) is 3.56. The number of aromatic nitrogens is 1. The lowest BCUT2D eigenvalue weighted by atomic mass is 10.2. The lowest BCUT2D eigenvalue weighted by molar-refractivity contribution is 0.111. The fourth-order valence-corrected chi connectivity index (χ4v) is 3.64. The highest BCUT2D eigenvalue weighted by molar-refractivity contribution is 9.10. The van der Waals surface area contributed by atoms with Gasteiger partial charge in [0.25, 0.3) is 0 Å². The van der Waals surface area contributed by atoms with E-state index in [4.69, 9.17) is 9.47 Å². The first kappa shape index (κ1) is 23.1. The molecule has 1 aromatic carbocycles. The van der Waals surface area contributed by atoms with Crippen molar-refractivity contribution in [2.45, 2.75) is 6.10 Å². The Labute approximate surface area is 188 Å². The molecular weight excluding hydrogens is 471 g/mol. The van der Waals surface area contributed by atoms with Crippen LogP contribution in [-0.2, 0) is 9.47 Å². The third-order valence-electron chi connectivity index (χ3n) is 4.76. The number of cyclic esters (lactones) is 1. The summed E-state index contributed by atoms with van der Waals surface area (Å²) in [6.07, 6.45) is 0.0725. The van der Waals surface area contributed by atoms with Gasteiger partial charge in [0.05, 0.1) is 31.1 Å². The summed E-state index contributed by atoms with van der Waals surface area (Å²) in [7, 11) is 1.80. The van der Waals surface area contributed by atoms with E-state index in [9.17, 15) is 14.0 Å². The molecule has 10 heteroatoms. The van der Waals surface area contributed by atoms with E-state index in [0.717, 1.165) is 0 Å². The number of likely N-dealkylation sites (N-methyl/N-ethyl adjacent to an activating group) is 1. The number of nitrogens with zero attached hydrogens (tertiary/aromatic N) is 3. The Balaban J connectivity index is 0.000000254. The summed E-state index contributed by atoms with van der Waals surface area (Å²) in [5, 5.41) is 2.97. The van der Waals surface area contributed by atoms with Gasteiger partial charge in [0.2, 0.25) is 0 Å². The van der Waals surface area contributed by atoms with Gasteiger partial charge in [-0.15, -0.1) is 0 Å². The molecule has 4 rings (SSSR count). The van der Waals surface area contributed by atoms with Gasteiger partial charge in [-0.1, -0.05) is 6.07 Å². The van der Waals surface area contributed by atoms with Gasteiger partial charge in [0.1, 0.15) is 22.2 Å². The van der Waals surface area contributed by atoms with Gasteiger partial charge in [-0.05, 0) is 53.3 Å². The Kier molecular flexibility index (Phi) is 8.33. The first-order valence-electron chi connectivity index (χ1n) is 9.84. The predicted octanol–water partition coefficient (Wildman–Crippen LogP) is 2.86. The van der Waals surface area contributed by atoms with Crippen LogP contribution in [0.4, 0.5) is 20.6 Å². The molecule has 3 heterocycles. The van der Waals surface area contributed by atoms with Crippen LogP contribution in [-0.4, -0.2) is 69.9 Å². The minimum absolute atomic E-state index is 0.209. The van der Waals surface area contributed by atoms with Crippen molar-refractivity contribution in [1.82, 2.24) is 10.3 Å². The molecule has 0 aliphatic carbocycles. The monoisotopic (exact) mass is 494 g/mol. The largest absolute Gasteiger partial charge is 0.443 e. The summed E-state index contributed by atoms with van der Waals surface area (Å²) >= 11 is 3.13. The molecule has 2 aromatic rings. The smallest absolute Gasteiger partial charge is 0.414 e. The van der Waals surface area contributed by atoms with Crippen LogP contribution in [0.2, 0.25) is 0 Å². The first-order valence-corrected chi connectivity index (χ1v) is 10.6. The Morgan fingerprint density at radius 1 is 1.29 bits per heavy atom. The minimum Gasteiger partial charge on any atom is -0.443 e. The molecule has 31 heavy (non-hydrogen) atoms. The highest BCUT2D eigenvalue weighted by atomic mass is 79.9. The molecule has 8 nitrogen and oxygen atoms in total. The average molecular weight is 495 g/mol. The topological polar surface area (TPSA) is 84.0 Å². The second-order valence-electron chi connectivity index (χ2n) is 6.91. The lowest BCUT2D eigenvalue weighted by Crippen LogP contribution is -2.36. The molecular formula is C21H24BrFN4O4. The summed E-state index contributed by atoms with van der Waals surface area (Å²) in [4.78, 5) is 29.2. The molecule has 2 aliphatic heterocycles. The van der Waals surface area contributed by atoms with Gasteiger partial charge in [-0.3, -0.25) is 9.69 Å². The number of halogens is 2. The van der Waals surface area contributed by atoms with Crippen LogP contribution in [0.3, 0.4) is 0 Å². The zero-order valence-electron chi connectivity index (χ0n) is 17.1. The van der Waals surface area contributed by atoms with E-state index < -0.39 is 6.09 Å². The van der Waals surface area contributed by atoms with E-state index in [1.165, 1.54) is 11.0 Å². The van der Waals surface area contributed by atoms with Crippen LogP contribution in [0.1, 0.15) is 10.5 Å². The number of rotatable bonds is 5. The van der Waals surface area contributed by atoms with Crippen LogP contribution in [0.25, 0.3) is 0 Å². The maximum atomic E-state index is 14.4. The van der Waals surface area contributed by atoms with Gasteiger partial charge in [0, 0.05) is 19.6 Å². The number of hydrogen-bond donors (Lipinski definition) is 1. The Bertz CT molecular complexity index is 911. The fraction of sp³-hybridized carbons (Fsp3) is 0.381. The number of nitrogens with one attached hydrogen (secondary N) is 1. The van der Waals surface area contributed by atoms with Gasteiger partial charge >= 0.3 is 6.09 Å². The molecule has 0 radical (unpaired) electrons. The van der Waals surface area contributed by atoms with E-state index in [0.29, 0.717) is 67.4 Å². The molecule has 1 N–H and O–H groups in total. The molecule has 1 atom stereocenters. The maximum Gasteiger partial charge on any atom is 0.414 e. The highest BCUT2D eigenvalue weighted by Crippen LogP contribution is 2.28. The van der Waals surface area contributed by atoms with E-state index in [2.05, 4.69) is 26.2 Å². The number of aldehydes is 1. The van der Waals surface area contributed by atoms with Crippen molar-refractivity contribution in [2.24, 2.45) is 0 Å². The van der Waals surface area contributed by atoms with E-state index in [-0.39, 0.29) is 11.9 Å². The number of morpholine rings is 1. The molecule has 2 saturated heterocycles. The van der Waals surface area contributed by atoms with E-state index >= 15 is 0 Å². The predicted molar refractivity (Wildman–Crippen MR) is 118 cm³/mol. The number of amides is 1. The van der Waals surface area contributed by atoms with E-state index in [1.807, 2.05) is 4.90 Å². The van der Waals surface area contributed by atoms with Crippen LogP contribution >= 0.6 is 15.9 Å². The van der Waals surface area contributed by atoms with Crippen LogP contribution in [0, 0.1) is 5.82 Å². The summed E-state index contributed by atoms with van der Waals surface area (Å²) in [5.74, 6) is -0.329. The van der Waals surface area contributed by atoms with Crippen molar-refractivity contribution in [1.29, 1.82) is 0 Å². The number of carbonyl (C=O) groups is 2. The second-order valence-corrected chi connectivity index (χ2v) is 7.72. The van der Waals surface area contributed by atoms with Crippen molar-refractivity contribution in [3.8, 4) is 0 Å². The zero-order valence-corrected chi connectivity index (χ0v) is 18.7. The summed E-state index contributed by atoms with van der Waals surface area (Å²) in [5.41, 5.74) is 1.52. The first-order chi connectivity index (χ1) is 15.0. The number of pyridine rings is 1. The van der Waals surface area contributed by atoms with Crippen molar-refractivity contribution < 1.29 is 23.5 Å². The lowest BCUT2D eigenvalue weighted by Gasteiger charge is -2.29. The molecule has 0 bridgehead atoms. The van der Waals surface area contributed by atoms with Gasteiger partial charge in [0.15, 0.2) is 6.29 Å². The van der Waals surface area contributed by atoms with Crippen molar-refractivity contribution in [3.05, 3.63) is 52.5 Å². The standard InChI is InChI=1S/C15H20FN3O3.C6H4BrNO/c1-17-9-12-10-19(15(20)22-12)11-2-3-14(13(16)8-11)18-4-6-21-7-5-18;7-6-3-1-2-5(4-9)8-6/h2-3,8,12,17H,4-7,9-10H2,1H3;1-4H. The van der Waals surface area contributed by atoms with Gasteiger partial charge < -0.3 is 19.7 Å². The normalized spacial score (nSPS) is 18.3. The summed E-state index contributed by atoms with van der Waals surface area (Å²) in [6, 6.07) is 10.1. The Hall–Kier alpha value is -2.56. The minimum atomic E-state index is -0.432. The quantitative estimate of drug-likeness (QED) is 0.505. The summed E-state index contributed by atoms with van der Waals surface area (Å²) < 4.78 is 25.6. The molecule has 1 unspecified atom stereocenters. The Morgan fingerprint density at radius 2 is 2.06 bits per heavy atom. The SMILES string of the molecule is CNCC1CN(c2ccc(N3CCOCC3)c(F)c2)C(=O)O1.O=Cc1cccc(Br)n1. The average Bonchev–Trinajstić information content (AvgIpc) is 3.15. The molecule has 0 spiro atoms. The van der Waals surface area contributed by atoms with E-state index in [1.54, 1.807) is 37.4 Å².